The van der Waals surface area contributed by atoms with Gasteiger partial charge in [0, 0.05) is 17.9 Å². The molecule has 23 heavy (non-hydrogen) atoms. The van der Waals surface area contributed by atoms with Crippen LogP contribution in [0.25, 0.3) is 5.78 Å². The summed E-state index contributed by atoms with van der Waals surface area (Å²) in [4.78, 5) is 20.5. The van der Waals surface area contributed by atoms with Gasteiger partial charge < -0.3 is 5.32 Å². The van der Waals surface area contributed by atoms with Gasteiger partial charge in [-0.15, -0.1) is 5.10 Å². The first-order valence-corrected chi connectivity index (χ1v) is 7.18. The Balaban J connectivity index is 1.78. The summed E-state index contributed by atoms with van der Waals surface area (Å²) >= 11 is 0. The second-order valence-electron chi connectivity index (χ2n) is 5.45. The average molecular weight is 313 g/mol. The number of fused-ring (bicyclic) bond motifs is 1. The SMILES string of the molecule is Cc1cc(C)n2nc(C(=O)NCc3ccc(C)c(F)c3)nc2n1. The van der Waals surface area contributed by atoms with Gasteiger partial charge in [-0.1, -0.05) is 12.1 Å². The molecule has 0 aliphatic heterocycles. The van der Waals surface area contributed by atoms with Gasteiger partial charge in [0.05, 0.1) is 0 Å². The van der Waals surface area contributed by atoms with E-state index in [9.17, 15) is 9.18 Å². The Morgan fingerprint density at radius 3 is 2.74 bits per heavy atom. The second kappa shape index (κ2) is 5.75. The van der Waals surface area contributed by atoms with Crippen molar-refractivity contribution in [1.29, 1.82) is 0 Å². The molecule has 1 N–H and O–H groups in total. The van der Waals surface area contributed by atoms with E-state index >= 15 is 0 Å². The van der Waals surface area contributed by atoms with E-state index in [1.165, 1.54) is 10.6 Å². The van der Waals surface area contributed by atoms with Gasteiger partial charge in [-0.3, -0.25) is 4.79 Å². The molecule has 118 valence electrons. The number of hydrogen-bond acceptors (Lipinski definition) is 4. The lowest BCUT2D eigenvalue weighted by molar-refractivity contribution is 0.0940. The average Bonchev–Trinajstić information content (AvgIpc) is 2.92. The lowest BCUT2D eigenvalue weighted by Gasteiger charge is -2.04. The van der Waals surface area contributed by atoms with E-state index in [1.807, 2.05) is 19.9 Å². The summed E-state index contributed by atoms with van der Waals surface area (Å²) in [5, 5.41) is 6.84. The van der Waals surface area contributed by atoms with E-state index in [0.717, 1.165) is 11.4 Å². The normalized spacial score (nSPS) is 11.0. The van der Waals surface area contributed by atoms with Crippen LogP contribution in [-0.4, -0.2) is 25.5 Å². The maximum Gasteiger partial charge on any atom is 0.291 e. The molecule has 6 nitrogen and oxygen atoms in total. The molecule has 0 radical (unpaired) electrons. The summed E-state index contributed by atoms with van der Waals surface area (Å²) in [5.41, 5.74) is 2.90. The first-order valence-electron chi connectivity index (χ1n) is 7.18. The molecule has 0 aliphatic carbocycles. The molecule has 0 atom stereocenters. The third kappa shape index (κ3) is 3.03. The lowest BCUT2D eigenvalue weighted by atomic mass is 10.1. The van der Waals surface area contributed by atoms with Crippen molar-refractivity contribution in [2.24, 2.45) is 0 Å². The minimum Gasteiger partial charge on any atom is -0.345 e. The lowest BCUT2D eigenvalue weighted by Crippen LogP contribution is -2.24. The summed E-state index contributed by atoms with van der Waals surface area (Å²) in [6.07, 6.45) is 0. The molecular weight excluding hydrogens is 297 g/mol. The number of halogens is 1. The Kier molecular flexibility index (Phi) is 3.77. The standard InChI is InChI=1S/C16H16FN5O/c1-9-4-5-12(7-13(9)17)8-18-15(23)14-20-16-19-10(2)6-11(3)22(16)21-14/h4-7H,8H2,1-3H3,(H,18,23). The van der Waals surface area contributed by atoms with Crippen LogP contribution in [0.15, 0.2) is 24.3 Å². The van der Waals surface area contributed by atoms with Crippen molar-refractivity contribution < 1.29 is 9.18 Å². The van der Waals surface area contributed by atoms with E-state index in [4.69, 9.17) is 0 Å². The highest BCUT2D eigenvalue weighted by molar-refractivity contribution is 5.90. The molecular formula is C16H16FN5O. The molecule has 0 saturated carbocycles. The molecule has 0 fully saturated rings. The minimum atomic E-state index is -0.423. The van der Waals surface area contributed by atoms with Crippen molar-refractivity contribution in [3.63, 3.8) is 0 Å². The van der Waals surface area contributed by atoms with Crippen molar-refractivity contribution in [1.82, 2.24) is 24.9 Å². The van der Waals surface area contributed by atoms with Crippen LogP contribution < -0.4 is 5.32 Å². The minimum absolute atomic E-state index is 0.0405. The van der Waals surface area contributed by atoms with Crippen molar-refractivity contribution in [2.45, 2.75) is 27.3 Å². The van der Waals surface area contributed by atoms with E-state index in [2.05, 4.69) is 20.4 Å². The Morgan fingerprint density at radius 1 is 1.22 bits per heavy atom. The summed E-state index contributed by atoms with van der Waals surface area (Å²) in [6, 6.07) is 6.71. The molecule has 0 spiro atoms. The quantitative estimate of drug-likeness (QED) is 0.804. The number of nitrogens with zero attached hydrogens (tertiary/aromatic N) is 4. The van der Waals surface area contributed by atoms with Crippen molar-refractivity contribution in [2.75, 3.05) is 0 Å². The number of aromatic nitrogens is 4. The third-order valence-corrected chi connectivity index (χ3v) is 3.51. The molecule has 7 heteroatoms. The smallest absolute Gasteiger partial charge is 0.291 e. The van der Waals surface area contributed by atoms with Crippen LogP contribution in [0.5, 0.6) is 0 Å². The van der Waals surface area contributed by atoms with Gasteiger partial charge in [-0.05, 0) is 44.0 Å². The van der Waals surface area contributed by atoms with Crippen LogP contribution in [0.4, 0.5) is 4.39 Å². The second-order valence-corrected chi connectivity index (χ2v) is 5.45. The van der Waals surface area contributed by atoms with Crippen LogP contribution >= 0.6 is 0 Å². The highest BCUT2D eigenvalue weighted by atomic mass is 19.1. The van der Waals surface area contributed by atoms with E-state index in [1.54, 1.807) is 19.1 Å². The Morgan fingerprint density at radius 2 is 2.00 bits per heavy atom. The van der Waals surface area contributed by atoms with Gasteiger partial charge in [0.1, 0.15) is 5.82 Å². The van der Waals surface area contributed by atoms with Gasteiger partial charge in [0.15, 0.2) is 0 Å². The number of benzene rings is 1. The fraction of sp³-hybridized carbons (Fsp3) is 0.250. The zero-order valence-electron chi connectivity index (χ0n) is 13.1. The molecule has 0 bridgehead atoms. The zero-order chi connectivity index (χ0) is 16.6. The number of amides is 1. The Bertz CT molecular complexity index is 903. The molecule has 3 aromatic rings. The number of aryl methyl sites for hydroxylation is 3. The third-order valence-electron chi connectivity index (χ3n) is 3.51. The highest BCUT2D eigenvalue weighted by Gasteiger charge is 2.14. The summed E-state index contributed by atoms with van der Waals surface area (Å²) < 4.78 is 15.0. The van der Waals surface area contributed by atoms with Gasteiger partial charge in [-0.2, -0.15) is 4.98 Å². The van der Waals surface area contributed by atoms with E-state index in [-0.39, 0.29) is 18.2 Å². The fourth-order valence-electron chi connectivity index (χ4n) is 2.27. The number of rotatable bonds is 3. The van der Waals surface area contributed by atoms with Crippen LogP contribution in [0.3, 0.4) is 0 Å². The Labute approximate surface area is 132 Å². The number of carbonyl (C=O) groups is 1. The van der Waals surface area contributed by atoms with Crippen LogP contribution in [0, 0.1) is 26.6 Å². The molecule has 0 saturated heterocycles. The Hall–Kier alpha value is -2.83. The molecule has 3 rings (SSSR count). The maximum absolute atomic E-state index is 13.5. The number of carbonyl (C=O) groups excluding carboxylic acids is 1. The molecule has 0 unspecified atom stereocenters. The molecule has 2 aromatic heterocycles. The first kappa shape index (κ1) is 15.1. The fourth-order valence-corrected chi connectivity index (χ4v) is 2.27. The van der Waals surface area contributed by atoms with Crippen LogP contribution in [-0.2, 0) is 6.54 Å². The van der Waals surface area contributed by atoms with Gasteiger partial charge >= 0.3 is 0 Å². The molecule has 1 aromatic carbocycles. The summed E-state index contributed by atoms with van der Waals surface area (Å²) in [6.45, 7) is 5.62. The zero-order valence-corrected chi connectivity index (χ0v) is 13.1. The number of nitrogens with one attached hydrogen (secondary N) is 1. The van der Waals surface area contributed by atoms with Gasteiger partial charge in [0.25, 0.3) is 11.7 Å². The summed E-state index contributed by atoms with van der Waals surface area (Å²) in [5.74, 6) is -0.292. The maximum atomic E-state index is 13.5. The topological polar surface area (TPSA) is 72.2 Å². The van der Waals surface area contributed by atoms with Crippen LogP contribution in [0.2, 0.25) is 0 Å². The van der Waals surface area contributed by atoms with E-state index < -0.39 is 5.91 Å². The van der Waals surface area contributed by atoms with Gasteiger partial charge in [-0.25, -0.2) is 13.9 Å². The first-order chi connectivity index (χ1) is 10.9. The summed E-state index contributed by atoms with van der Waals surface area (Å²) in [7, 11) is 0. The number of hydrogen-bond donors (Lipinski definition) is 1. The van der Waals surface area contributed by atoms with Crippen molar-refractivity contribution in [3.05, 3.63) is 58.4 Å². The van der Waals surface area contributed by atoms with Crippen molar-refractivity contribution >= 4 is 11.7 Å². The van der Waals surface area contributed by atoms with Gasteiger partial charge in [0.2, 0.25) is 5.82 Å². The predicted octanol–water partition coefficient (Wildman–Crippen LogP) is 2.12. The largest absolute Gasteiger partial charge is 0.345 e. The molecule has 2 heterocycles. The predicted molar refractivity (Wildman–Crippen MR) is 82.6 cm³/mol. The van der Waals surface area contributed by atoms with E-state index in [0.29, 0.717) is 16.9 Å². The highest BCUT2D eigenvalue weighted by Crippen LogP contribution is 2.09. The van der Waals surface area contributed by atoms with Crippen LogP contribution in [0.1, 0.15) is 33.1 Å². The molecule has 0 aliphatic rings. The van der Waals surface area contributed by atoms with Crippen molar-refractivity contribution in [3.8, 4) is 0 Å². The monoisotopic (exact) mass is 313 g/mol. The molecule has 1 amide bonds.